The third-order valence-electron chi connectivity index (χ3n) is 2.99. The summed E-state index contributed by atoms with van der Waals surface area (Å²) in [6.45, 7) is 7.07. The third kappa shape index (κ3) is 3.96. The fourth-order valence-electron chi connectivity index (χ4n) is 2.18. The van der Waals surface area contributed by atoms with Gasteiger partial charge in [-0.1, -0.05) is 0 Å². The van der Waals surface area contributed by atoms with E-state index >= 15 is 0 Å². The molecule has 0 bridgehead atoms. The number of amides is 1. The number of halogens is 1. The lowest BCUT2D eigenvalue weighted by Crippen LogP contribution is -2.43. The number of aromatic nitrogens is 2. The summed E-state index contributed by atoms with van der Waals surface area (Å²) in [5.74, 6) is 0. The molecule has 2 heterocycles. The Morgan fingerprint density at radius 2 is 2.26 bits per heavy atom. The van der Waals surface area contributed by atoms with E-state index in [4.69, 9.17) is 4.74 Å². The predicted molar refractivity (Wildman–Crippen MR) is 76.0 cm³/mol. The van der Waals surface area contributed by atoms with Crippen LogP contribution in [0.4, 0.5) is 4.79 Å². The highest BCUT2D eigenvalue weighted by Gasteiger charge is 2.28. The summed E-state index contributed by atoms with van der Waals surface area (Å²) in [5.41, 5.74) is -0.446. The lowest BCUT2D eigenvalue weighted by Gasteiger charge is -2.34. The Morgan fingerprint density at radius 1 is 1.53 bits per heavy atom. The summed E-state index contributed by atoms with van der Waals surface area (Å²) in [5, 5.41) is 4.30. The van der Waals surface area contributed by atoms with Crippen molar-refractivity contribution >= 4 is 22.0 Å². The smallest absolute Gasteiger partial charge is 0.410 e. The topological polar surface area (TPSA) is 47.4 Å². The standard InChI is InChI=1S/C13H20BrN3O2/c1-13(2,3)19-12(18)16-6-4-5-11(9-16)17-8-10(14)7-15-17/h7-8,11H,4-6,9H2,1-3H3/t11-/m1/s1. The number of nitrogens with zero attached hydrogens (tertiary/aromatic N) is 3. The van der Waals surface area contributed by atoms with E-state index in [0.29, 0.717) is 6.54 Å². The Balaban J connectivity index is 1.99. The Labute approximate surface area is 122 Å². The van der Waals surface area contributed by atoms with E-state index in [-0.39, 0.29) is 12.1 Å². The van der Waals surface area contributed by atoms with Crippen LogP contribution in [-0.2, 0) is 4.74 Å². The van der Waals surface area contributed by atoms with Gasteiger partial charge in [0.2, 0.25) is 0 Å². The second kappa shape index (κ2) is 5.53. The Bertz CT molecular complexity index is 453. The Morgan fingerprint density at radius 3 is 2.84 bits per heavy atom. The SMILES string of the molecule is CC(C)(C)OC(=O)N1CCC[C@@H](n2cc(Br)cn2)C1. The minimum Gasteiger partial charge on any atom is -0.444 e. The summed E-state index contributed by atoms with van der Waals surface area (Å²) >= 11 is 3.39. The zero-order valence-corrected chi connectivity index (χ0v) is 13.2. The van der Waals surface area contributed by atoms with Crippen molar-refractivity contribution in [3.63, 3.8) is 0 Å². The Hall–Kier alpha value is -1.04. The van der Waals surface area contributed by atoms with E-state index in [0.717, 1.165) is 23.9 Å². The third-order valence-corrected chi connectivity index (χ3v) is 3.40. The van der Waals surface area contributed by atoms with Crippen LogP contribution in [0, 0.1) is 0 Å². The van der Waals surface area contributed by atoms with E-state index in [1.807, 2.05) is 31.6 Å². The van der Waals surface area contributed by atoms with E-state index in [1.165, 1.54) is 0 Å². The minimum absolute atomic E-state index is 0.229. The second-order valence-corrected chi connectivity index (χ2v) is 6.78. The van der Waals surface area contributed by atoms with Crippen LogP contribution in [0.2, 0.25) is 0 Å². The quantitative estimate of drug-likeness (QED) is 0.794. The summed E-state index contributed by atoms with van der Waals surface area (Å²) in [4.78, 5) is 13.8. The molecule has 2 rings (SSSR count). The molecule has 1 aliphatic rings. The summed E-state index contributed by atoms with van der Waals surface area (Å²) in [6.07, 6.45) is 5.49. The van der Waals surface area contributed by atoms with Crippen LogP contribution in [0.15, 0.2) is 16.9 Å². The number of carbonyl (C=O) groups excluding carboxylic acids is 1. The van der Waals surface area contributed by atoms with Gasteiger partial charge in [-0.3, -0.25) is 4.68 Å². The van der Waals surface area contributed by atoms with Crippen molar-refractivity contribution in [2.45, 2.75) is 45.3 Å². The van der Waals surface area contributed by atoms with E-state index in [1.54, 1.807) is 11.1 Å². The van der Waals surface area contributed by atoms with Gasteiger partial charge in [-0.15, -0.1) is 0 Å². The van der Waals surface area contributed by atoms with Crippen LogP contribution in [0.3, 0.4) is 0 Å². The van der Waals surface area contributed by atoms with E-state index in [9.17, 15) is 4.79 Å². The van der Waals surface area contributed by atoms with Crippen molar-refractivity contribution in [3.05, 3.63) is 16.9 Å². The molecule has 0 saturated carbocycles. The molecule has 1 aromatic rings. The van der Waals surface area contributed by atoms with Crippen molar-refractivity contribution in [2.24, 2.45) is 0 Å². The van der Waals surface area contributed by atoms with Crippen LogP contribution >= 0.6 is 15.9 Å². The fraction of sp³-hybridized carbons (Fsp3) is 0.692. The van der Waals surface area contributed by atoms with Gasteiger partial charge in [-0.2, -0.15) is 5.10 Å². The highest BCUT2D eigenvalue weighted by Crippen LogP contribution is 2.23. The zero-order valence-electron chi connectivity index (χ0n) is 11.6. The molecule has 1 fully saturated rings. The lowest BCUT2D eigenvalue weighted by molar-refractivity contribution is 0.0167. The number of carbonyl (C=O) groups is 1. The van der Waals surface area contributed by atoms with Crippen molar-refractivity contribution in [1.82, 2.24) is 14.7 Å². The average molecular weight is 330 g/mol. The molecule has 1 saturated heterocycles. The molecule has 0 aromatic carbocycles. The molecule has 1 amide bonds. The first-order valence-corrected chi connectivity index (χ1v) is 7.32. The highest BCUT2D eigenvalue weighted by molar-refractivity contribution is 9.10. The maximum Gasteiger partial charge on any atom is 0.410 e. The molecule has 6 heteroatoms. The number of rotatable bonds is 1. The molecule has 0 spiro atoms. The van der Waals surface area contributed by atoms with Gasteiger partial charge in [0.15, 0.2) is 0 Å². The van der Waals surface area contributed by atoms with Gasteiger partial charge < -0.3 is 9.64 Å². The summed E-state index contributed by atoms with van der Waals surface area (Å²) < 4.78 is 8.29. The summed E-state index contributed by atoms with van der Waals surface area (Å²) in [6, 6.07) is 0.229. The fourth-order valence-corrected chi connectivity index (χ4v) is 2.48. The molecule has 0 unspecified atom stereocenters. The maximum atomic E-state index is 12.1. The monoisotopic (exact) mass is 329 g/mol. The maximum absolute atomic E-state index is 12.1. The van der Waals surface area contributed by atoms with E-state index < -0.39 is 5.60 Å². The molecule has 0 aliphatic carbocycles. The van der Waals surface area contributed by atoms with Crippen molar-refractivity contribution in [3.8, 4) is 0 Å². The van der Waals surface area contributed by atoms with Gasteiger partial charge in [-0.05, 0) is 49.5 Å². The van der Waals surface area contributed by atoms with Gasteiger partial charge >= 0.3 is 6.09 Å². The highest BCUT2D eigenvalue weighted by atomic mass is 79.9. The zero-order chi connectivity index (χ0) is 14.0. The molecule has 0 N–H and O–H groups in total. The minimum atomic E-state index is -0.446. The van der Waals surface area contributed by atoms with Crippen LogP contribution < -0.4 is 0 Å². The normalized spacial score (nSPS) is 20.4. The molecule has 1 aromatic heterocycles. The number of hydrogen-bond donors (Lipinski definition) is 0. The predicted octanol–water partition coefficient (Wildman–Crippen LogP) is 3.22. The first-order chi connectivity index (χ1) is 8.85. The molecule has 5 nitrogen and oxygen atoms in total. The lowest BCUT2D eigenvalue weighted by atomic mass is 10.1. The molecule has 1 atom stereocenters. The van der Waals surface area contributed by atoms with Crippen LogP contribution in [0.5, 0.6) is 0 Å². The molecule has 0 radical (unpaired) electrons. The first kappa shape index (κ1) is 14.4. The van der Waals surface area contributed by atoms with Gasteiger partial charge in [0, 0.05) is 19.3 Å². The molecular formula is C13H20BrN3O2. The van der Waals surface area contributed by atoms with Crippen molar-refractivity contribution in [2.75, 3.05) is 13.1 Å². The average Bonchev–Trinajstić information content (AvgIpc) is 2.74. The van der Waals surface area contributed by atoms with E-state index in [2.05, 4.69) is 21.0 Å². The van der Waals surface area contributed by atoms with Gasteiger partial charge in [0.05, 0.1) is 16.7 Å². The first-order valence-electron chi connectivity index (χ1n) is 6.53. The van der Waals surface area contributed by atoms with Crippen LogP contribution in [0.25, 0.3) is 0 Å². The van der Waals surface area contributed by atoms with Crippen molar-refractivity contribution < 1.29 is 9.53 Å². The molecule has 19 heavy (non-hydrogen) atoms. The number of piperidine rings is 1. The molecule has 106 valence electrons. The molecular weight excluding hydrogens is 310 g/mol. The second-order valence-electron chi connectivity index (χ2n) is 5.86. The number of ether oxygens (including phenoxy) is 1. The van der Waals surface area contributed by atoms with Gasteiger partial charge in [0.1, 0.15) is 5.60 Å². The van der Waals surface area contributed by atoms with Crippen molar-refractivity contribution in [1.29, 1.82) is 0 Å². The largest absolute Gasteiger partial charge is 0.444 e. The Kier molecular flexibility index (Phi) is 4.18. The summed E-state index contributed by atoms with van der Waals surface area (Å²) in [7, 11) is 0. The van der Waals surface area contributed by atoms with Crippen LogP contribution in [-0.4, -0.2) is 39.5 Å². The molecule has 1 aliphatic heterocycles. The van der Waals surface area contributed by atoms with Crippen LogP contribution in [0.1, 0.15) is 39.7 Å². The van der Waals surface area contributed by atoms with Gasteiger partial charge in [0.25, 0.3) is 0 Å². The number of hydrogen-bond acceptors (Lipinski definition) is 3. The van der Waals surface area contributed by atoms with Gasteiger partial charge in [-0.25, -0.2) is 4.79 Å². The number of likely N-dealkylation sites (tertiary alicyclic amines) is 1.